The monoisotopic (exact) mass is 230 g/mol. The van der Waals surface area contributed by atoms with Gasteiger partial charge in [0.25, 0.3) is 0 Å². The Balaban J connectivity index is 2.86. The Bertz CT molecular complexity index is 241. The molecule has 7 heteroatoms. The molecular weight excluding hydrogens is 221 g/mol. The highest BCUT2D eigenvalue weighted by atomic mass is 32.2. The van der Waals surface area contributed by atoms with Gasteiger partial charge in [-0.1, -0.05) is 11.8 Å². The van der Waals surface area contributed by atoms with Crippen molar-refractivity contribution in [3.05, 3.63) is 11.0 Å². The van der Waals surface area contributed by atoms with E-state index in [9.17, 15) is 18.3 Å². The van der Waals surface area contributed by atoms with Crippen LogP contribution in [-0.4, -0.2) is 41.1 Å². The van der Waals surface area contributed by atoms with E-state index in [0.717, 1.165) is 0 Å². The number of rotatable bonds is 1. The van der Waals surface area contributed by atoms with Gasteiger partial charge in [-0.3, -0.25) is 0 Å². The summed E-state index contributed by atoms with van der Waals surface area (Å²) < 4.78 is 41.3. The second-order valence-corrected chi connectivity index (χ2v) is 3.87. The van der Waals surface area contributed by atoms with Gasteiger partial charge < -0.3 is 14.9 Å². The largest absolute Gasteiger partial charge is 0.422 e. The van der Waals surface area contributed by atoms with Crippen molar-refractivity contribution in [1.29, 1.82) is 0 Å². The molecular formula is C7H9F3O3S. The number of alkyl halides is 3. The molecule has 0 saturated carbocycles. The molecule has 0 saturated heterocycles. The molecule has 3 nitrogen and oxygen atoms in total. The molecule has 0 aromatic rings. The van der Waals surface area contributed by atoms with Crippen LogP contribution in [0.1, 0.15) is 0 Å². The van der Waals surface area contributed by atoms with Gasteiger partial charge in [-0.05, 0) is 6.08 Å². The lowest BCUT2D eigenvalue weighted by Gasteiger charge is -2.30. The first-order valence-corrected chi connectivity index (χ1v) is 4.59. The van der Waals surface area contributed by atoms with E-state index in [1.54, 1.807) is 0 Å². The number of ether oxygens (including phenoxy) is 1. The maximum absolute atomic E-state index is 12.2. The van der Waals surface area contributed by atoms with Crippen LogP contribution in [0.25, 0.3) is 0 Å². The first kappa shape index (κ1) is 11.8. The molecule has 2 N–H and O–H groups in total. The lowest BCUT2D eigenvalue weighted by molar-refractivity contribution is -0.0884. The second kappa shape index (κ2) is 4.09. The molecule has 14 heavy (non-hydrogen) atoms. The zero-order valence-corrected chi connectivity index (χ0v) is 7.97. The molecule has 0 aliphatic carbocycles. The predicted molar refractivity (Wildman–Crippen MR) is 44.5 cm³/mol. The highest BCUT2D eigenvalue weighted by Crippen LogP contribution is 2.41. The fourth-order valence-electron chi connectivity index (χ4n) is 0.998. The summed E-state index contributed by atoms with van der Waals surface area (Å²) in [4.78, 5) is -0.942. The van der Waals surface area contributed by atoms with Gasteiger partial charge in [0.1, 0.15) is 17.6 Å². The number of thioether (sulfide) groups is 1. The molecule has 1 heterocycles. The molecule has 82 valence electrons. The van der Waals surface area contributed by atoms with Crippen molar-refractivity contribution in [2.24, 2.45) is 0 Å². The Morgan fingerprint density at radius 2 is 2.00 bits per heavy atom. The van der Waals surface area contributed by atoms with Crippen LogP contribution in [0.2, 0.25) is 0 Å². The highest BCUT2D eigenvalue weighted by Gasteiger charge is 2.42. The van der Waals surface area contributed by atoms with E-state index in [1.165, 1.54) is 7.11 Å². The standard InChI is InChI=1S/C7H9F3O3S/c1-13-6-5(12)3(11)2-4(14-6)7(8,9)10/h2-3,5-6,11-12H,1H3/t3-,5-,6-/m1/s1. The van der Waals surface area contributed by atoms with E-state index in [2.05, 4.69) is 4.74 Å². The molecule has 0 radical (unpaired) electrons. The molecule has 0 aromatic carbocycles. The number of allylic oxidation sites excluding steroid dienone is 1. The van der Waals surface area contributed by atoms with E-state index in [1.807, 2.05) is 0 Å². The molecule has 1 aliphatic heterocycles. The summed E-state index contributed by atoms with van der Waals surface area (Å²) in [6.45, 7) is 0. The molecule has 0 bridgehead atoms. The van der Waals surface area contributed by atoms with E-state index < -0.39 is 28.7 Å². The lowest BCUT2D eigenvalue weighted by Crippen LogP contribution is -2.39. The van der Waals surface area contributed by atoms with Crippen molar-refractivity contribution in [3.8, 4) is 0 Å². The summed E-state index contributed by atoms with van der Waals surface area (Å²) in [5.74, 6) is 0. The van der Waals surface area contributed by atoms with Gasteiger partial charge >= 0.3 is 6.18 Å². The molecule has 0 spiro atoms. The zero-order valence-electron chi connectivity index (χ0n) is 7.15. The first-order chi connectivity index (χ1) is 6.36. The molecule has 3 atom stereocenters. The molecule has 1 rings (SSSR count). The van der Waals surface area contributed by atoms with Crippen molar-refractivity contribution in [2.75, 3.05) is 7.11 Å². The smallest absolute Gasteiger partial charge is 0.386 e. The summed E-state index contributed by atoms with van der Waals surface area (Å²) in [6, 6.07) is 0. The van der Waals surface area contributed by atoms with Gasteiger partial charge in [-0.15, -0.1) is 0 Å². The van der Waals surface area contributed by atoms with Gasteiger partial charge in [-0.2, -0.15) is 13.2 Å². The Morgan fingerprint density at radius 1 is 1.43 bits per heavy atom. The summed E-state index contributed by atoms with van der Waals surface area (Å²) >= 11 is 0.354. The normalized spacial score (nSPS) is 34.1. The minimum Gasteiger partial charge on any atom is -0.386 e. The Labute approximate surface area is 82.6 Å². The van der Waals surface area contributed by atoms with E-state index in [-0.39, 0.29) is 0 Å². The van der Waals surface area contributed by atoms with E-state index >= 15 is 0 Å². The number of aliphatic hydroxyl groups excluding tert-OH is 2. The fraction of sp³-hybridized carbons (Fsp3) is 0.714. The predicted octanol–water partition coefficient (Wildman–Crippen LogP) is 0.874. The Morgan fingerprint density at radius 3 is 2.43 bits per heavy atom. The maximum Gasteiger partial charge on any atom is 0.422 e. The quantitative estimate of drug-likeness (QED) is 0.702. The van der Waals surface area contributed by atoms with Crippen LogP contribution >= 0.6 is 11.8 Å². The van der Waals surface area contributed by atoms with Crippen molar-refractivity contribution in [1.82, 2.24) is 0 Å². The number of aliphatic hydroxyl groups is 2. The van der Waals surface area contributed by atoms with Gasteiger partial charge in [0, 0.05) is 7.11 Å². The molecule has 0 aromatic heterocycles. The number of methoxy groups -OCH3 is 1. The van der Waals surface area contributed by atoms with Crippen molar-refractivity contribution in [3.63, 3.8) is 0 Å². The Hall–Kier alpha value is -0.240. The summed E-state index contributed by atoms with van der Waals surface area (Å²) in [6.07, 6.45) is -6.80. The average Bonchev–Trinajstić information content (AvgIpc) is 2.07. The third-order valence-electron chi connectivity index (χ3n) is 1.71. The second-order valence-electron chi connectivity index (χ2n) is 2.73. The third kappa shape index (κ3) is 2.41. The number of hydrogen-bond donors (Lipinski definition) is 2. The summed E-state index contributed by atoms with van der Waals surface area (Å²) in [5, 5.41) is 18.3. The van der Waals surface area contributed by atoms with Gasteiger partial charge in [-0.25, -0.2) is 0 Å². The van der Waals surface area contributed by atoms with Gasteiger partial charge in [0.15, 0.2) is 0 Å². The van der Waals surface area contributed by atoms with Gasteiger partial charge in [0.05, 0.1) is 4.91 Å². The first-order valence-electron chi connectivity index (χ1n) is 3.71. The minimum absolute atomic E-state index is 0.354. The van der Waals surface area contributed by atoms with Crippen LogP contribution in [0.5, 0.6) is 0 Å². The average molecular weight is 230 g/mol. The van der Waals surface area contributed by atoms with E-state index in [4.69, 9.17) is 5.11 Å². The minimum atomic E-state index is -4.51. The number of hydrogen-bond acceptors (Lipinski definition) is 4. The van der Waals surface area contributed by atoms with Crippen LogP contribution in [0.3, 0.4) is 0 Å². The topological polar surface area (TPSA) is 49.7 Å². The Kier molecular flexibility index (Phi) is 3.46. The van der Waals surface area contributed by atoms with Crippen LogP contribution in [-0.2, 0) is 4.74 Å². The molecule has 0 amide bonds. The van der Waals surface area contributed by atoms with Crippen LogP contribution < -0.4 is 0 Å². The SMILES string of the molecule is CO[C@@H]1SC(C(F)(F)F)=C[C@@H](O)[C@H]1O. The summed E-state index contributed by atoms with van der Waals surface area (Å²) in [5.41, 5.74) is -1.09. The third-order valence-corrected chi connectivity index (χ3v) is 3.03. The van der Waals surface area contributed by atoms with Crippen LogP contribution in [0, 0.1) is 0 Å². The maximum atomic E-state index is 12.2. The van der Waals surface area contributed by atoms with Crippen molar-refractivity contribution < 1.29 is 28.1 Å². The van der Waals surface area contributed by atoms with Crippen LogP contribution in [0.4, 0.5) is 13.2 Å². The van der Waals surface area contributed by atoms with Crippen molar-refractivity contribution in [2.45, 2.75) is 23.8 Å². The molecule has 0 unspecified atom stereocenters. The zero-order chi connectivity index (χ0) is 10.9. The van der Waals surface area contributed by atoms with Gasteiger partial charge in [0.2, 0.25) is 0 Å². The lowest BCUT2D eigenvalue weighted by atomic mass is 10.2. The summed E-state index contributed by atoms with van der Waals surface area (Å²) in [7, 11) is 1.17. The molecule has 1 aliphatic rings. The number of halogens is 3. The van der Waals surface area contributed by atoms with Crippen LogP contribution in [0.15, 0.2) is 11.0 Å². The van der Waals surface area contributed by atoms with E-state index in [0.29, 0.717) is 17.8 Å². The molecule has 0 fully saturated rings. The highest BCUT2D eigenvalue weighted by molar-refractivity contribution is 8.03. The fourth-order valence-corrected chi connectivity index (χ4v) is 2.00. The van der Waals surface area contributed by atoms with Crippen molar-refractivity contribution >= 4 is 11.8 Å².